The van der Waals surface area contributed by atoms with Crippen LogP contribution in [-0.4, -0.2) is 4.57 Å². The van der Waals surface area contributed by atoms with Crippen molar-refractivity contribution in [3.8, 4) is 0 Å². The van der Waals surface area contributed by atoms with Gasteiger partial charge in [0.1, 0.15) is 0 Å². The zero-order valence-electron chi connectivity index (χ0n) is 9.33. The molecule has 1 nitrogen and oxygen atoms in total. The molecule has 0 aliphatic rings. The van der Waals surface area contributed by atoms with Crippen LogP contribution in [0.15, 0.2) is 24.3 Å². The van der Waals surface area contributed by atoms with Gasteiger partial charge in [-0.15, -0.1) is 0 Å². The molecule has 2 aromatic rings. The number of hydrogen-bond acceptors (Lipinski definition) is 0. The summed E-state index contributed by atoms with van der Waals surface area (Å²) in [7, 11) is 2.16. The first-order valence-corrected chi connectivity index (χ1v) is 5.17. The lowest BCUT2D eigenvalue weighted by atomic mass is 10.1. The Kier molecular flexibility index (Phi) is 2.10. The molecule has 0 saturated carbocycles. The van der Waals surface area contributed by atoms with Gasteiger partial charge in [0.2, 0.25) is 0 Å². The molecule has 0 bridgehead atoms. The largest absolute Gasteiger partial charge is 0.350 e. The van der Waals surface area contributed by atoms with Crippen molar-refractivity contribution in [1.82, 2.24) is 4.57 Å². The van der Waals surface area contributed by atoms with E-state index in [9.17, 15) is 0 Å². The molecular formula is C13H17N. The Morgan fingerprint density at radius 3 is 2.21 bits per heavy atom. The molecule has 14 heavy (non-hydrogen) atoms. The minimum atomic E-state index is 0.582. The van der Waals surface area contributed by atoms with E-state index in [2.05, 4.69) is 56.7 Å². The van der Waals surface area contributed by atoms with E-state index in [0.717, 1.165) is 0 Å². The van der Waals surface area contributed by atoms with Crippen molar-refractivity contribution in [1.29, 1.82) is 0 Å². The number of nitrogens with zero attached hydrogens (tertiary/aromatic N) is 1. The molecule has 74 valence electrons. The summed E-state index contributed by atoms with van der Waals surface area (Å²) in [6, 6.07) is 8.65. The number of aryl methyl sites for hydroxylation is 1. The van der Waals surface area contributed by atoms with Crippen LogP contribution in [0.2, 0.25) is 0 Å². The molecule has 0 unspecified atom stereocenters. The molecule has 0 amide bonds. The Morgan fingerprint density at radius 1 is 1.07 bits per heavy atom. The summed E-state index contributed by atoms with van der Waals surface area (Å²) in [6.45, 7) is 6.69. The van der Waals surface area contributed by atoms with Gasteiger partial charge < -0.3 is 4.57 Å². The van der Waals surface area contributed by atoms with Crippen molar-refractivity contribution in [2.45, 2.75) is 26.7 Å². The van der Waals surface area contributed by atoms with Gasteiger partial charge in [0, 0.05) is 29.2 Å². The number of benzene rings is 1. The normalized spacial score (nSPS) is 11.5. The monoisotopic (exact) mass is 187 g/mol. The van der Waals surface area contributed by atoms with Gasteiger partial charge in [0.15, 0.2) is 0 Å². The molecule has 0 fully saturated rings. The van der Waals surface area contributed by atoms with Crippen molar-refractivity contribution in [2.24, 2.45) is 7.05 Å². The summed E-state index contributed by atoms with van der Waals surface area (Å²) in [5, 5.41) is 2.79. The summed E-state index contributed by atoms with van der Waals surface area (Å²) < 4.78 is 2.31. The van der Waals surface area contributed by atoms with E-state index in [1.165, 1.54) is 22.2 Å². The van der Waals surface area contributed by atoms with Gasteiger partial charge in [0.25, 0.3) is 0 Å². The fraction of sp³-hybridized carbons (Fsp3) is 0.385. The van der Waals surface area contributed by atoms with Gasteiger partial charge in [-0.2, -0.15) is 0 Å². The van der Waals surface area contributed by atoms with Crippen LogP contribution in [0.1, 0.15) is 31.2 Å². The Bertz CT molecular complexity index is 463. The molecule has 0 aliphatic heterocycles. The third kappa shape index (κ3) is 1.16. The first kappa shape index (κ1) is 9.32. The Hall–Kier alpha value is -1.24. The SMILES string of the molecule is Cc1c2ccccc2c(C(C)C)n1C. The van der Waals surface area contributed by atoms with E-state index in [-0.39, 0.29) is 0 Å². The second kappa shape index (κ2) is 3.16. The number of rotatable bonds is 1. The maximum absolute atomic E-state index is 2.31. The summed E-state index contributed by atoms with van der Waals surface area (Å²) in [5.74, 6) is 0.582. The van der Waals surface area contributed by atoms with Crippen LogP contribution in [0.3, 0.4) is 0 Å². The molecule has 0 spiro atoms. The quantitative estimate of drug-likeness (QED) is 0.642. The topological polar surface area (TPSA) is 4.93 Å². The van der Waals surface area contributed by atoms with E-state index in [1.807, 2.05) is 0 Å². The first-order chi connectivity index (χ1) is 6.63. The average Bonchev–Trinajstić information content (AvgIpc) is 2.41. The molecule has 0 radical (unpaired) electrons. The van der Waals surface area contributed by atoms with Crippen LogP contribution in [0, 0.1) is 6.92 Å². The van der Waals surface area contributed by atoms with Gasteiger partial charge in [-0.05, 0) is 12.8 Å². The van der Waals surface area contributed by atoms with Gasteiger partial charge in [0.05, 0.1) is 0 Å². The van der Waals surface area contributed by atoms with Crippen LogP contribution in [-0.2, 0) is 7.05 Å². The number of hydrogen-bond donors (Lipinski definition) is 0. The molecule has 0 saturated heterocycles. The molecule has 1 heteroatoms. The highest BCUT2D eigenvalue weighted by atomic mass is 15.0. The number of fused-ring (bicyclic) bond motifs is 1. The Labute approximate surface area is 85.4 Å². The third-order valence-electron chi connectivity index (χ3n) is 3.00. The predicted molar refractivity (Wildman–Crippen MR) is 61.7 cm³/mol. The van der Waals surface area contributed by atoms with Crippen LogP contribution in [0.25, 0.3) is 10.8 Å². The second-order valence-corrected chi connectivity index (χ2v) is 4.23. The van der Waals surface area contributed by atoms with E-state index in [1.54, 1.807) is 0 Å². The fourth-order valence-electron chi connectivity index (χ4n) is 2.26. The lowest BCUT2D eigenvalue weighted by Crippen LogP contribution is -1.99. The minimum Gasteiger partial charge on any atom is -0.350 e. The molecule has 1 aromatic heterocycles. The van der Waals surface area contributed by atoms with Crippen molar-refractivity contribution in [3.63, 3.8) is 0 Å². The number of aromatic nitrogens is 1. The fourth-order valence-corrected chi connectivity index (χ4v) is 2.26. The molecule has 0 aliphatic carbocycles. The molecular weight excluding hydrogens is 170 g/mol. The third-order valence-corrected chi connectivity index (χ3v) is 3.00. The summed E-state index contributed by atoms with van der Waals surface area (Å²) >= 11 is 0. The zero-order chi connectivity index (χ0) is 10.3. The van der Waals surface area contributed by atoms with Crippen LogP contribution >= 0.6 is 0 Å². The van der Waals surface area contributed by atoms with E-state index in [0.29, 0.717) is 5.92 Å². The maximum Gasteiger partial charge on any atom is 0.0278 e. The van der Waals surface area contributed by atoms with Crippen LogP contribution < -0.4 is 0 Å². The van der Waals surface area contributed by atoms with Crippen LogP contribution in [0.5, 0.6) is 0 Å². The summed E-state index contributed by atoms with van der Waals surface area (Å²) in [6.07, 6.45) is 0. The summed E-state index contributed by atoms with van der Waals surface area (Å²) in [5.41, 5.74) is 2.81. The van der Waals surface area contributed by atoms with Crippen LogP contribution in [0.4, 0.5) is 0 Å². The van der Waals surface area contributed by atoms with E-state index in [4.69, 9.17) is 0 Å². The molecule has 1 aromatic carbocycles. The molecule has 1 heterocycles. The molecule has 2 rings (SSSR count). The van der Waals surface area contributed by atoms with Gasteiger partial charge in [-0.1, -0.05) is 38.1 Å². The van der Waals surface area contributed by atoms with Gasteiger partial charge in [-0.3, -0.25) is 0 Å². The van der Waals surface area contributed by atoms with E-state index < -0.39 is 0 Å². The highest BCUT2D eigenvalue weighted by Gasteiger charge is 2.12. The van der Waals surface area contributed by atoms with Gasteiger partial charge >= 0.3 is 0 Å². The maximum atomic E-state index is 2.31. The van der Waals surface area contributed by atoms with Gasteiger partial charge in [-0.25, -0.2) is 0 Å². The highest BCUT2D eigenvalue weighted by Crippen LogP contribution is 2.29. The first-order valence-electron chi connectivity index (χ1n) is 5.17. The Morgan fingerprint density at radius 2 is 1.64 bits per heavy atom. The Balaban J connectivity index is 2.88. The average molecular weight is 187 g/mol. The minimum absolute atomic E-state index is 0.582. The molecule has 0 atom stereocenters. The van der Waals surface area contributed by atoms with Crippen molar-refractivity contribution < 1.29 is 0 Å². The van der Waals surface area contributed by atoms with E-state index >= 15 is 0 Å². The second-order valence-electron chi connectivity index (χ2n) is 4.23. The summed E-state index contributed by atoms with van der Waals surface area (Å²) in [4.78, 5) is 0. The highest BCUT2D eigenvalue weighted by molar-refractivity contribution is 5.88. The standard InChI is InChI=1S/C13H17N/c1-9(2)13-12-8-6-5-7-11(12)10(3)14(13)4/h5-9H,1-4H3. The molecule has 0 N–H and O–H groups in total. The zero-order valence-corrected chi connectivity index (χ0v) is 9.33. The smallest absolute Gasteiger partial charge is 0.0278 e. The lowest BCUT2D eigenvalue weighted by molar-refractivity contribution is 0.733. The predicted octanol–water partition coefficient (Wildman–Crippen LogP) is 3.61. The van der Waals surface area contributed by atoms with Crippen molar-refractivity contribution in [3.05, 3.63) is 35.7 Å². The van der Waals surface area contributed by atoms with Crippen molar-refractivity contribution in [2.75, 3.05) is 0 Å². The van der Waals surface area contributed by atoms with Crippen molar-refractivity contribution >= 4 is 10.8 Å². The lowest BCUT2D eigenvalue weighted by Gasteiger charge is -2.08.